The van der Waals surface area contributed by atoms with E-state index in [0.717, 1.165) is 36.2 Å². The maximum Gasteiger partial charge on any atom is 0.155 e. The van der Waals surface area contributed by atoms with E-state index in [1.165, 1.54) is 50.6 Å². The Labute approximate surface area is 241 Å². The molecule has 0 amide bonds. The SMILES string of the molecule is CC(C)c1ccccc1C1CCCN1C1CC2(CCN(c3cc(Oc4cnc5[nH]ccc5c4)c(C=O)cn3)CC2)C1. The minimum Gasteiger partial charge on any atom is -0.455 e. The summed E-state index contributed by atoms with van der Waals surface area (Å²) in [6.07, 6.45) is 13.5. The van der Waals surface area contributed by atoms with Gasteiger partial charge in [0.1, 0.15) is 23.0 Å². The van der Waals surface area contributed by atoms with Gasteiger partial charge in [0.05, 0.1) is 11.8 Å². The molecule has 2 saturated heterocycles. The van der Waals surface area contributed by atoms with Crippen LogP contribution in [0.3, 0.4) is 0 Å². The third-order valence-electron chi connectivity index (χ3n) is 9.84. The van der Waals surface area contributed by atoms with Crippen LogP contribution in [-0.4, -0.2) is 51.8 Å². The average Bonchev–Trinajstić information content (AvgIpc) is 3.65. The number of piperidine rings is 1. The lowest BCUT2D eigenvalue weighted by Gasteiger charge is -2.56. The summed E-state index contributed by atoms with van der Waals surface area (Å²) in [5, 5.41) is 0.967. The van der Waals surface area contributed by atoms with E-state index in [4.69, 9.17) is 4.74 Å². The predicted octanol–water partition coefficient (Wildman–Crippen LogP) is 7.27. The van der Waals surface area contributed by atoms with Crippen molar-refractivity contribution in [3.05, 3.63) is 77.7 Å². The highest BCUT2D eigenvalue weighted by Gasteiger charge is 2.50. The van der Waals surface area contributed by atoms with E-state index in [2.05, 4.69) is 62.9 Å². The quantitative estimate of drug-likeness (QED) is 0.244. The standard InChI is InChI=1S/C34H39N5O2/c1-23(2)28-6-3-4-7-29(28)30-8-5-13-39(30)26-18-34(19-26)10-14-38(15-11-34)32-17-31(25(22-40)20-36-32)41-27-16-24-9-12-35-33(24)37-21-27/h3-4,6-7,9,12,16-17,20-23,26,30H,5,8,10-11,13-15,18-19H2,1-2H3,(H,35,37). The van der Waals surface area contributed by atoms with Crippen molar-refractivity contribution in [3.63, 3.8) is 0 Å². The summed E-state index contributed by atoms with van der Waals surface area (Å²) >= 11 is 0. The number of aromatic amines is 1. The summed E-state index contributed by atoms with van der Waals surface area (Å²) in [7, 11) is 0. The van der Waals surface area contributed by atoms with Gasteiger partial charge in [0.25, 0.3) is 0 Å². The molecular weight excluding hydrogens is 510 g/mol. The van der Waals surface area contributed by atoms with E-state index in [1.54, 1.807) is 18.0 Å². The number of ether oxygens (including phenoxy) is 1. The molecule has 3 aromatic heterocycles. The van der Waals surface area contributed by atoms with Crippen LogP contribution in [0, 0.1) is 5.41 Å². The normalized spacial score (nSPS) is 21.0. The molecule has 1 aromatic carbocycles. The van der Waals surface area contributed by atoms with E-state index >= 15 is 0 Å². The molecule has 4 aromatic rings. The number of rotatable bonds is 7. The van der Waals surface area contributed by atoms with Gasteiger partial charge in [-0.2, -0.15) is 0 Å². The van der Waals surface area contributed by atoms with Crippen molar-refractivity contribution in [2.24, 2.45) is 5.41 Å². The first kappa shape index (κ1) is 26.2. The highest BCUT2D eigenvalue weighted by atomic mass is 16.5. The molecule has 41 heavy (non-hydrogen) atoms. The first-order chi connectivity index (χ1) is 20.0. The lowest BCUT2D eigenvalue weighted by Crippen LogP contribution is -2.55. The van der Waals surface area contributed by atoms with Crippen LogP contribution in [0.4, 0.5) is 5.82 Å². The number of hydrogen-bond donors (Lipinski definition) is 1. The first-order valence-electron chi connectivity index (χ1n) is 15.2. The molecule has 1 aliphatic carbocycles. The van der Waals surface area contributed by atoms with E-state index in [9.17, 15) is 4.79 Å². The summed E-state index contributed by atoms with van der Waals surface area (Å²) in [6.45, 7) is 7.83. The number of benzene rings is 1. The highest BCUT2D eigenvalue weighted by molar-refractivity contribution is 5.80. The van der Waals surface area contributed by atoms with Crippen LogP contribution in [0.15, 0.2) is 61.1 Å². The van der Waals surface area contributed by atoms with Crippen molar-refractivity contribution < 1.29 is 9.53 Å². The molecule has 3 fully saturated rings. The molecule has 1 saturated carbocycles. The molecule has 0 radical (unpaired) electrons. The Morgan fingerprint density at radius 1 is 1.05 bits per heavy atom. The second kappa shape index (κ2) is 10.6. The van der Waals surface area contributed by atoms with Crippen LogP contribution in [0.1, 0.15) is 85.8 Å². The number of aromatic nitrogens is 3. The molecular formula is C34H39N5O2. The second-order valence-electron chi connectivity index (χ2n) is 12.6. The molecule has 1 spiro atoms. The number of likely N-dealkylation sites (tertiary alicyclic amines) is 1. The molecule has 1 N–H and O–H groups in total. The number of pyridine rings is 2. The summed E-state index contributed by atoms with van der Waals surface area (Å²) in [5.74, 6) is 2.56. The fourth-order valence-electron chi connectivity index (χ4n) is 7.58. The number of anilines is 1. The number of H-pyrrole nitrogens is 1. The summed E-state index contributed by atoms with van der Waals surface area (Å²) < 4.78 is 6.14. The zero-order valence-electron chi connectivity index (χ0n) is 24.1. The van der Waals surface area contributed by atoms with Crippen LogP contribution < -0.4 is 9.64 Å². The van der Waals surface area contributed by atoms with Crippen molar-refractivity contribution in [3.8, 4) is 11.5 Å². The Balaban J connectivity index is 1.00. The van der Waals surface area contributed by atoms with Gasteiger partial charge in [0.15, 0.2) is 6.29 Å². The predicted molar refractivity (Wildman–Crippen MR) is 162 cm³/mol. The molecule has 3 aliphatic rings. The Bertz CT molecular complexity index is 1550. The Kier molecular flexibility index (Phi) is 6.78. The fourth-order valence-corrected chi connectivity index (χ4v) is 7.58. The maximum absolute atomic E-state index is 11.8. The molecule has 7 nitrogen and oxygen atoms in total. The second-order valence-corrected chi connectivity index (χ2v) is 12.6. The van der Waals surface area contributed by atoms with Gasteiger partial charge in [0.2, 0.25) is 0 Å². The van der Waals surface area contributed by atoms with Gasteiger partial charge in [0, 0.05) is 49.0 Å². The molecule has 1 atom stereocenters. The molecule has 7 rings (SSSR count). The minimum atomic E-state index is 0.442. The smallest absolute Gasteiger partial charge is 0.155 e. The van der Waals surface area contributed by atoms with Crippen LogP contribution in [0.25, 0.3) is 11.0 Å². The van der Waals surface area contributed by atoms with Crippen LogP contribution >= 0.6 is 0 Å². The van der Waals surface area contributed by atoms with Crippen molar-refractivity contribution in [2.45, 2.75) is 70.4 Å². The van der Waals surface area contributed by atoms with Gasteiger partial charge < -0.3 is 14.6 Å². The zero-order valence-corrected chi connectivity index (χ0v) is 24.1. The maximum atomic E-state index is 11.8. The summed E-state index contributed by atoms with van der Waals surface area (Å²) in [5.41, 5.74) is 4.78. The van der Waals surface area contributed by atoms with E-state index in [0.29, 0.717) is 40.5 Å². The van der Waals surface area contributed by atoms with E-state index in [1.807, 2.05) is 24.4 Å². The molecule has 0 bridgehead atoms. The highest BCUT2D eigenvalue weighted by Crippen LogP contribution is 2.54. The lowest BCUT2D eigenvalue weighted by atomic mass is 9.60. The van der Waals surface area contributed by atoms with Gasteiger partial charge in [-0.25, -0.2) is 9.97 Å². The lowest BCUT2D eigenvalue weighted by molar-refractivity contribution is -0.0228. The first-order valence-corrected chi connectivity index (χ1v) is 15.2. The number of nitrogens with one attached hydrogen (secondary N) is 1. The molecule has 212 valence electrons. The third-order valence-corrected chi connectivity index (χ3v) is 9.84. The average molecular weight is 550 g/mol. The van der Waals surface area contributed by atoms with Gasteiger partial charge in [-0.15, -0.1) is 0 Å². The van der Waals surface area contributed by atoms with Crippen LogP contribution in [0.5, 0.6) is 11.5 Å². The number of fused-ring (bicyclic) bond motifs is 1. The fraction of sp³-hybridized carbons (Fsp3) is 0.441. The van der Waals surface area contributed by atoms with E-state index in [-0.39, 0.29) is 0 Å². The topological polar surface area (TPSA) is 74.3 Å². The number of carbonyl (C=O) groups is 1. The van der Waals surface area contributed by atoms with Gasteiger partial charge >= 0.3 is 0 Å². The van der Waals surface area contributed by atoms with Gasteiger partial charge in [-0.3, -0.25) is 9.69 Å². The Hall–Kier alpha value is -3.71. The number of hydrogen-bond acceptors (Lipinski definition) is 6. The minimum absolute atomic E-state index is 0.442. The molecule has 1 unspecified atom stereocenters. The summed E-state index contributed by atoms with van der Waals surface area (Å²) in [4.78, 5) is 29.1. The van der Waals surface area contributed by atoms with Crippen molar-refractivity contribution in [2.75, 3.05) is 24.5 Å². The number of carbonyl (C=O) groups excluding carboxylic acids is 1. The van der Waals surface area contributed by atoms with Crippen LogP contribution in [-0.2, 0) is 0 Å². The van der Waals surface area contributed by atoms with Crippen molar-refractivity contribution in [1.29, 1.82) is 0 Å². The van der Waals surface area contributed by atoms with Crippen LogP contribution in [0.2, 0.25) is 0 Å². The number of aldehydes is 1. The molecule has 7 heteroatoms. The zero-order chi connectivity index (χ0) is 28.0. The van der Waals surface area contributed by atoms with Gasteiger partial charge in [-0.1, -0.05) is 38.1 Å². The monoisotopic (exact) mass is 549 g/mol. The third kappa shape index (κ3) is 4.90. The summed E-state index contributed by atoms with van der Waals surface area (Å²) in [6, 6.07) is 16.2. The number of nitrogens with zero attached hydrogens (tertiary/aromatic N) is 4. The van der Waals surface area contributed by atoms with Crippen molar-refractivity contribution >= 4 is 23.1 Å². The van der Waals surface area contributed by atoms with Gasteiger partial charge in [-0.05, 0) is 79.7 Å². The largest absolute Gasteiger partial charge is 0.455 e. The van der Waals surface area contributed by atoms with Crippen molar-refractivity contribution in [1.82, 2.24) is 19.9 Å². The Morgan fingerprint density at radius 2 is 1.88 bits per heavy atom. The Morgan fingerprint density at radius 3 is 2.68 bits per heavy atom. The molecule has 2 aliphatic heterocycles. The molecule has 5 heterocycles. The van der Waals surface area contributed by atoms with E-state index < -0.39 is 0 Å².